The molecular weight excluding hydrogens is 353 g/mol. The minimum absolute atomic E-state index is 0.101. The molecule has 5 heteroatoms. The quantitative estimate of drug-likeness (QED) is 0.499. The highest BCUT2D eigenvalue weighted by molar-refractivity contribution is 7.20. The number of allylic oxidation sites excluding steroid dienone is 4. The summed E-state index contributed by atoms with van der Waals surface area (Å²) in [4.78, 5) is 21.6. The van der Waals surface area contributed by atoms with E-state index in [9.17, 15) is 4.79 Å². The fourth-order valence-corrected chi connectivity index (χ4v) is 2.62. The molecule has 0 saturated carbocycles. The molecule has 1 N–H and O–H groups in total. The molecule has 2 aromatic rings. The lowest BCUT2D eigenvalue weighted by Gasteiger charge is -2.10. The molecule has 0 aliphatic heterocycles. The first kappa shape index (κ1) is 20.7. The van der Waals surface area contributed by atoms with Crippen molar-refractivity contribution in [3.63, 3.8) is 0 Å². The number of anilines is 1. The number of hydrogen-bond acceptors (Lipinski definition) is 3. The van der Waals surface area contributed by atoms with Crippen molar-refractivity contribution < 1.29 is 4.79 Å². The van der Waals surface area contributed by atoms with Crippen LogP contribution in [0.15, 0.2) is 72.2 Å². The third kappa shape index (κ3) is 6.58. The van der Waals surface area contributed by atoms with E-state index in [1.54, 1.807) is 6.20 Å². The van der Waals surface area contributed by atoms with Crippen LogP contribution in [0.3, 0.4) is 0 Å². The average molecular weight is 379 g/mol. The first-order valence-electron chi connectivity index (χ1n) is 9.13. The third-order valence-electron chi connectivity index (χ3n) is 3.86. The van der Waals surface area contributed by atoms with Gasteiger partial charge in [0.25, 0.3) is 0 Å². The van der Waals surface area contributed by atoms with Crippen LogP contribution in [0, 0.1) is 0 Å². The predicted molar refractivity (Wildman–Crippen MR) is 116 cm³/mol. The van der Waals surface area contributed by atoms with E-state index in [2.05, 4.69) is 31.4 Å². The number of aromatic nitrogens is 2. The number of hydrogen-bond donors (Lipinski definition) is 1. The summed E-state index contributed by atoms with van der Waals surface area (Å²) in [5.41, 5.74) is 3.54. The van der Waals surface area contributed by atoms with E-state index >= 15 is 0 Å². The first-order valence-corrected chi connectivity index (χ1v) is 9.79. The maximum absolute atomic E-state index is 12.5. The summed E-state index contributed by atoms with van der Waals surface area (Å²) < 4.78 is 0. The van der Waals surface area contributed by atoms with Gasteiger partial charge in [-0.05, 0) is 18.4 Å². The van der Waals surface area contributed by atoms with Crippen molar-refractivity contribution in [3.05, 3.63) is 77.9 Å². The minimum atomic E-state index is -0.101. The zero-order chi connectivity index (χ0) is 19.5. The van der Waals surface area contributed by atoms with Crippen molar-refractivity contribution >= 4 is 21.0 Å². The van der Waals surface area contributed by atoms with Crippen LogP contribution in [0.25, 0.3) is 11.3 Å². The highest BCUT2D eigenvalue weighted by Crippen LogP contribution is 2.20. The van der Waals surface area contributed by atoms with Gasteiger partial charge in [0.15, 0.2) is 5.82 Å². The van der Waals surface area contributed by atoms with Crippen LogP contribution in [0.1, 0.15) is 32.4 Å². The first-order chi connectivity index (χ1) is 13.2. The molecule has 0 saturated heterocycles. The number of nitrogens with zero attached hydrogens (tertiary/aromatic N) is 2. The van der Waals surface area contributed by atoms with Crippen molar-refractivity contribution in [2.24, 2.45) is 0 Å². The predicted octanol–water partition coefficient (Wildman–Crippen LogP) is 5.32. The second-order valence-corrected chi connectivity index (χ2v) is 6.32. The molecule has 27 heavy (non-hydrogen) atoms. The second kappa shape index (κ2) is 11.2. The smallest absolute Gasteiger partial charge is 0.229 e. The Kier molecular flexibility index (Phi) is 8.60. The maximum atomic E-state index is 12.5. The van der Waals surface area contributed by atoms with Crippen LogP contribution in [0.5, 0.6) is 0 Å². The van der Waals surface area contributed by atoms with E-state index in [0.29, 0.717) is 12.2 Å². The fraction of sp³-hybridized carbons (Fsp3) is 0.227. The lowest BCUT2D eigenvalue weighted by molar-refractivity contribution is -0.115. The van der Waals surface area contributed by atoms with E-state index in [0.717, 1.165) is 28.9 Å². The Bertz CT molecular complexity index is 842. The van der Waals surface area contributed by atoms with Crippen LogP contribution in [0.4, 0.5) is 5.82 Å². The molecule has 0 aliphatic rings. The Morgan fingerprint density at radius 3 is 2.67 bits per heavy atom. The largest absolute Gasteiger partial charge is 0.309 e. The van der Waals surface area contributed by atoms with E-state index in [4.69, 9.17) is 0 Å². The molecule has 0 spiro atoms. The number of aryl methyl sites for hydroxylation is 1. The van der Waals surface area contributed by atoms with Gasteiger partial charge in [0, 0.05) is 5.56 Å². The Hall–Kier alpha value is -2.58. The van der Waals surface area contributed by atoms with Gasteiger partial charge in [-0.15, -0.1) is 9.24 Å². The van der Waals surface area contributed by atoms with Gasteiger partial charge in [0.05, 0.1) is 24.0 Å². The van der Waals surface area contributed by atoms with Crippen molar-refractivity contribution in [2.45, 2.75) is 33.1 Å². The number of carbonyl (C=O) groups is 1. The molecule has 1 aromatic heterocycles. The Balaban J connectivity index is 2.16. The number of carbonyl (C=O) groups excluding carboxylic acids is 1. The van der Waals surface area contributed by atoms with Gasteiger partial charge in [0.1, 0.15) is 0 Å². The van der Waals surface area contributed by atoms with Crippen molar-refractivity contribution in [3.8, 4) is 11.3 Å². The standard InChI is InChI=1S/C22H26N3OP/c1-3-5-10-17(11-9-14-27)15-21(26)25-22-19(4-2)24-20(16-23-22)18-12-7-6-8-13-18/h5-14,16H,3-4,15,27H2,1-2H3,(H,23,25,26)/b10-5-,14-9+,17-11+. The van der Waals surface area contributed by atoms with E-state index in [1.165, 1.54) is 0 Å². The van der Waals surface area contributed by atoms with Crippen molar-refractivity contribution in [1.82, 2.24) is 9.97 Å². The van der Waals surface area contributed by atoms with Crippen LogP contribution in [-0.2, 0) is 11.2 Å². The molecule has 1 unspecified atom stereocenters. The normalized spacial score (nSPS) is 12.0. The Labute approximate surface area is 163 Å². The zero-order valence-corrected chi connectivity index (χ0v) is 17.0. The summed E-state index contributed by atoms with van der Waals surface area (Å²) in [7, 11) is 2.53. The summed E-state index contributed by atoms with van der Waals surface area (Å²) in [6.07, 6.45) is 11.5. The molecule has 1 amide bonds. The van der Waals surface area contributed by atoms with Gasteiger partial charge in [0.2, 0.25) is 5.91 Å². The SMILES string of the molecule is CC\C=C/C(=C\C=C\P)CC(=O)Nc1ncc(-c2ccccc2)nc1CC. The molecular formula is C22H26N3OP. The Morgan fingerprint density at radius 1 is 1.22 bits per heavy atom. The van der Waals surface area contributed by atoms with Crippen molar-refractivity contribution in [2.75, 3.05) is 5.32 Å². The van der Waals surface area contributed by atoms with Crippen LogP contribution in [0.2, 0.25) is 0 Å². The molecule has 0 bridgehead atoms. The summed E-state index contributed by atoms with van der Waals surface area (Å²) >= 11 is 0. The number of amides is 1. The number of benzene rings is 1. The highest BCUT2D eigenvalue weighted by Gasteiger charge is 2.11. The monoisotopic (exact) mass is 379 g/mol. The van der Waals surface area contributed by atoms with E-state index < -0.39 is 0 Å². The van der Waals surface area contributed by atoms with E-state index in [-0.39, 0.29) is 12.3 Å². The molecule has 2 rings (SSSR count). The third-order valence-corrected chi connectivity index (χ3v) is 4.08. The number of rotatable bonds is 8. The van der Waals surface area contributed by atoms with E-state index in [1.807, 2.05) is 67.4 Å². The zero-order valence-electron chi connectivity index (χ0n) is 15.9. The molecule has 0 fully saturated rings. The van der Waals surface area contributed by atoms with Crippen LogP contribution < -0.4 is 5.32 Å². The van der Waals surface area contributed by atoms with Crippen LogP contribution in [-0.4, -0.2) is 15.9 Å². The van der Waals surface area contributed by atoms with Gasteiger partial charge >= 0.3 is 0 Å². The van der Waals surface area contributed by atoms with Gasteiger partial charge in [-0.25, -0.2) is 9.97 Å². The molecule has 1 atom stereocenters. The lowest BCUT2D eigenvalue weighted by Crippen LogP contribution is -2.15. The van der Waals surface area contributed by atoms with Gasteiger partial charge in [-0.1, -0.05) is 74.3 Å². The fourth-order valence-electron chi connectivity index (χ4n) is 2.51. The summed E-state index contributed by atoms with van der Waals surface area (Å²) in [5.74, 6) is 2.29. The summed E-state index contributed by atoms with van der Waals surface area (Å²) in [6.45, 7) is 4.07. The van der Waals surface area contributed by atoms with Crippen LogP contribution >= 0.6 is 9.24 Å². The minimum Gasteiger partial charge on any atom is -0.309 e. The molecule has 1 heterocycles. The summed E-state index contributed by atoms with van der Waals surface area (Å²) in [6, 6.07) is 9.91. The second-order valence-electron chi connectivity index (χ2n) is 5.93. The number of nitrogens with one attached hydrogen (secondary N) is 1. The molecule has 0 radical (unpaired) electrons. The average Bonchev–Trinajstić information content (AvgIpc) is 2.70. The summed E-state index contributed by atoms with van der Waals surface area (Å²) in [5, 5.41) is 2.91. The van der Waals surface area contributed by atoms with Gasteiger partial charge in [-0.2, -0.15) is 0 Å². The molecule has 0 aliphatic carbocycles. The topological polar surface area (TPSA) is 54.9 Å². The lowest BCUT2D eigenvalue weighted by atomic mass is 10.1. The molecule has 4 nitrogen and oxygen atoms in total. The maximum Gasteiger partial charge on any atom is 0.229 e. The molecule has 1 aromatic carbocycles. The van der Waals surface area contributed by atoms with Gasteiger partial charge in [-0.3, -0.25) is 4.79 Å². The van der Waals surface area contributed by atoms with Crippen molar-refractivity contribution in [1.29, 1.82) is 0 Å². The van der Waals surface area contributed by atoms with Gasteiger partial charge < -0.3 is 5.32 Å². The molecule has 140 valence electrons. The Morgan fingerprint density at radius 2 is 2.00 bits per heavy atom. The highest BCUT2D eigenvalue weighted by atomic mass is 31.0.